The first-order valence-corrected chi connectivity index (χ1v) is 7.02. The van der Waals surface area contributed by atoms with Gasteiger partial charge in [0.2, 0.25) is 0 Å². The molecule has 0 aliphatic rings. The zero-order valence-corrected chi connectivity index (χ0v) is 11.9. The number of phenolic OH excluding ortho intramolecular Hbond substituents is 1. The predicted octanol–water partition coefficient (Wildman–Crippen LogP) is 4.07. The van der Waals surface area contributed by atoms with Crippen molar-refractivity contribution in [3.8, 4) is 5.75 Å². The Hall–Kier alpha value is -0.840. The number of benzene rings is 1. The normalized spacial score (nSPS) is 12.6. The van der Waals surface area contributed by atoms with E-state index in [1.807, 2.05) is 12.1 Å². The van der Waals surface area contributed by atoms with Crippen LogP contribution in [0.1, 0.15) is 23.4 Å². The van der Waals surface area contributed by atoms with E-state index in [1.54, 1.807) is 23.5 Å². The maximum absolute atomic E-state index is 9.42. The number of hydrogen-bond donors (Lipinski definition) is 2. The third-order valence-corrected chi connectivity index (χ3v) is 4.21. The van der Waals surface area contributed by atoms with E-state index in [0.717, 1.165) is 15.9 Å². The smallest absolute Gasteiger partial charge is 0.115 e. The fraction of sp³-hybridized carbons (Fsp3) is 0.231. The molecule has 0 radical (unpaired) electrons. The van der Waals surface area contributed by atoms with Crippen LogP contribution in [-0.4, -0.2) is 5.11 Å². The number of nitrogens with one attached hydrogen (secondary N) is 1. The maximum Gasteiger partial charge on any atom is 0.115 e. The number of hydrogen-bond acceptors (Lipinski definition) is 3. The van der Waals surface area contributed by atoms with Gasteiger partial charge in [0.25, 0.3) is 0 Å². The van der Waals surface area contributed by atoms with E-state index in [4.69, 9.17) is 0 Å². The summed E-state index contributed by atoms with van der Waals surface area (Å²) in [6.45, 7) is 2.94. The largest absolute Gasteiger partial charge is 0.508 e. The first-order valence-electron chi connectivity index (χ1n) is 5.41. The van der Waals surface area contributed by atoms with Crippen molar-refractivity contribution < 1.29 is 5.11 Å². The lowest BCUT2D eigenvalue weighted by atomic mass is 10.1. The number of aromatic hydroxyl groups is 1. The van der Waals surface area contributed by atoms with Crippen molar-refractivity contribution in [2.24, 2.45) is 0 Å². The number of rotatable bonds is 4. The summed E-state index contributed by atoms with van der Waals surface area (Å²) >= 11 is 5.18. The van der Waals surface area contributed by atoms with Crippen LogP contribution in [0.2, 0.25) is 0 Å². The Morgan fingerprint density at radius 3 is 2.82 bits per heavy atom. The molecular weight excluding hydrogens is 298 g/mol. The standard InChI is InChI=1S/C13H14BrNOS/c1-9(10-3-2-4-11(16)7-10)15-8-12-5-6-13(14)17-12/h2-7,9,15-16H,8H2,1H3. The lowest BCUT2D eigenvalue weighted by Gasteiger charge is -2.13. The second-order valence-electron chi connectivity index (χ2n) is 3.90. The molecule has 1 aromatic carbocycles. The molecule has 0 saturated heterocycles. The van der Waals surface area contributed by atoms with Gasteiger partial charge in [-0.05, 0) is 52.7 Å². The highest BCUT2D eigenvalue weighted by atomic mass is 79.9. The minimum atomic E-state index is 0.225. The fourth-order valence-corrected chi connectivity index (χ4v) is 3.05. The molecule has 4 heteroatoms. The summed E-state index contributed by atoms with van der Waals surface area (Å²) in [6, 6.07) is 11.8. The van der Waals surface area contributed by atoms with E-state index in [1.165, 1.54) is 4.88 Å². The van der Waals surface area contributed by atoms with E-state index in [2.05, 4.69) is 40.3 Å². The van der Waals surface area contributed by atoms with Crippen molar-refractivity contribution in [3.05, 3.63) is 50.6 Å². The molecule has 0 fully saturated rings. The van der Waals surface area contributed by atoms with Crippen LogP contribution in [0.15, 0.2) is 40.2 Å². The van der Waals surface area contributed by atoms with Gasteiger partial charge in [-0.2, -0.15) is 0 Å². The number of halogens is 1. The molecule has 1 heterocycles. The predicted molar refractivity (Wildman–Crippen MR) is 75.4 cm³/mol. The highest BCUT2D eigenvalue weighted by molar-refractivity contribution is 9.11. The van der Waals surface area contributed by atoms with E-state index < -0.39 is 0 Å². The molecule has 1 unspecified atom stereocenters. The van der Waals surface area contributed by atoms with Crippen LogP contribution < -0.4 is 5.32 Å². The van der Waals surface area contributed by atoms with Crippen LogP contribution in [0.4, 0.5) is 0 Å². The topological polar surface area (TPSA) is 32.3 Å². The molecule has 2 N–H and O–H groups in total. The van der Waals surface area contributed by atoms with E-state index in [9.17, 15) is 5.11 Å². The summed E-state index contributed by atoms with van der Waals surface area (Å²) in [5.74, 6) is 0.315. The molecule has 1 aromatic heterocycles. The lowest BCUT2D eigenvalue weighted by Crippen LogP contribution is -2.17. The summed E-state index contributed by atoms with van der Waals surface area (Å²) in [4.78, 5) is 1.30. The first-order chi connectivity index (χ1) is 8.15. The van der Waals surface area contributed by atoms with Crippen molar-refractivity contribution >= 4 is 27.3 Å². The molecule has 90 valence electrons. The van der Waals surface area contributed by atoms with Gasteiger partial charge < -0.3 is 10.4 Å². The number of phenols is 1. The lowest BCUT2D eigenvalue weighted by molar-refractivity contribution is 0.472. The van der Waals surface area contributed by atoms with Crippen LogP contribution >= 0.6 is 27.3 Å². The van der Waals surface area contributed by atoms with Crippen LogP contribution in [0.25, 0.3) is 0 Å². The van der Waals surface area contributed by atoms with Gasteiger partial charge in [0.05, 0.1) is 3.79 Å². The molecule has 2 aromatic rings. The Labute approximate surface area is 113 Å². The summed E-state index contributed by atoms with van der Waals surface area (Å²) in [5, 5.41) is 12.9. The fourth-order valence-electron chi connectivity index (χ4n) is 1.61. The zero-order chi connectivity index (χ0) is 12.3. The van der Waals surface area contributed by atoms with Crippen molar-refractivity contribution in [3.63, 3.8) is 0 Å². The number of thiophene rings is 1. The molecular formula is C13H14BrNOS. The van der Waals surface area contributed by atoms with E-state index in [0.29, 0.717) is 5.75 Å². The Bertz CT molecular complexity index is 498. The van der Waals surface area contributed by atoms with Crippen molar-refractivity contribution in [2.45, 2.75) is 19.5 Å². The molecule has 0 aliphatic carbocycles. The highest BCUT2D eigenvalue weighted by Crippen LogP contribution is 2.23. The Morgan fingerprint density at radius 2 is 2.18 bits per heavy atom. The van der Waals surface area contributed by atoms with Gasteiger partial charge in [0, 0.05) is 17.5 Å². The zero-order valence-electron chi connectivity index (χ0n) is 9.48. The second kappa shape index (κ2) is 5.67. The monoisotopic (exact) mass is 311 g/mol. The van der Waals surface area contributed by atoms with Crippen LogP contribution in [0.5, 0.6) is 5.75 Å². The third kappa shape index (κ3) is 3.56. The Balaban J connectivity index is 1.95. The van der Waals surface area contributed by atoms with Crippen LogP contribution in [0.3, 0.4) is 0 Å². The Kier molecular flexibility index (Phi) is 4.20. The maximum atomic E-state index is 9.42. The molecule has 17 heavy (non-hydrogen) atoms. The second-order valence-corrected chi connectivity index (χ2v) is 6.45. The Morgan fingerprint density at radius 1 is 1.35 bits per heavy atom. The van der Waals surface area contributed by atoms with Crippen molar-refractivity contribution in [2.75, 3.05) is 0 Å². The molecule has 0 saturated carbocycles. The van der Waals surface area contributed by atoms with Gasteiger partial charge in [-0.3, -0.25) is 0 Å². The van der Waals surface area contributed by atoms with Gasteiger partial charge in [-0.1, -0.05) is 12.1 Å². The highest BCUT2D eigenvalue weighted by Gasteiger charge is 2.06. The quantitative estimate of drug-likeness (QED) is 0.892. The molecule has 1 atom stereocenters. The van der Waals surface area contributed by atoms with Gasteiger partial charge in [0.15, 0.2) is 0 Å². The summed E-state index contributed by atoms with van der Waals surface area (Å²) in [7, 11) is 0. The van der Waals surface area contributed by atoms with Gasteiger partial charge in [-0.25, -0.2) is 0 Å². The van der Waals surface area contributed by atoms with Crippen LogP contribution in [-0.2, 0) is 6.54 Å². The summed E-state index contributed by atoms with van der Waals surface area (Å²) < 4.78 is 1.15. The molecule has 0 aliphatic heterocycles. The van der Waals surface area contributed by atoms with E-state index in [-0.39, 0.29) is 6.04 Å². The van der Waals surface area contributed by atoms with Crippen LogP contribution in [0, 0.1) is 0 Å². The minimum absolute atomic E-state index is 0.225. The SMILES string of the molecule is CC(NCc1ccc(Br)s1)c1cccc(O)c1. The van der Waals surface area contributed by atoms with Crippen molar-refractivity contribution in [1.82, 2.24) is 5.32 Å². The molecule has 0 amide bonds. The van der Waals surface area contributed by atoms with Gasteiger partial charge >= 0.3 is 0 Å². The van der Waals surface area contributed by atoms with Crippen molar-refractivity contribution in [1.29, 1.82) is 0 Å². The molecule has 0 bridgehead atoms. The first kappa shape index (κ1) is 12.6. The average Bonchev–Trinajstić information content (AvgIpc) is 2.72. The third-order valence-electron chi connectivity index (χ3n) is 2.58. The molecule has 2 nitrogen and oxygen atoms in total. The minimum Gasteiger partial charge on any atom is -0.508 e. The van der Waals surface area contributed by atoms with Gasteiger partial charge in [0.1, 0.15) is 5.75 Å². The molecule has 0 spiro atoms. The summed E-state index contributed by atoms with van der Waals surface area (Å²) in [6.07, 6.45) is 0. The summed E-state index contributed by atoms with van der Waals surface area (Å²) in [5.41, 5.74) is 1.10. The van der Waals surface area contributed by atoms with Gasteiger partial charge in [-0.15, -0.1) is 11.3 Å². The van der Waals surface area contributed by atoms with E-state index >= 15 is 0 Å². The average molecular weight is 312 g/mol. The molecule has 2 rings (SSSR count).